The molecule has 0 unspecified atom stereocenters. The van der Waals surface area contributed by atoms with Crippen LogP contribution in [0.4, 0.5) is 0 Å². The van der Waals surface area contributed by atoms with Gasteiger partial charge in [-0.15, -0.1) is 0 Å². The summed E-state index contributed by atoms with van der Waals surface area (Å²) in [5.41, 5.74) is 2.72. The molecule has 0 heteroatoms. The van der Waals surface area contributed by atoms with E-state index in [0.29, 0.717) is 0 Å². The van der Waals surface area contributed by atoms with Gasteiger partial charge in [0.1, 0.15) is 0 Å². The lowest BCUT2D eigenvalue weighted by Gasteiger charge is -2.01. The molecule has 1 aliphatic carbocycles. The van der Waals surface area contributed by atoms with Gasteiger partial charge in [0, 0.05) is 0 Å². The number of hydrogen-bond acceptors (Lipinski definition) is 0. The molecule has 0 aliphatic heterocycles. The van der Waals surface area contributed by atoms with Gasteiger partial charge in [-0.05, 0) is 42.0 Å². The largest absolute Gasteiger partial charge is 0.0985 e. The van der Waals surface area contributed by atoms with Crippen molar-refractivity contribution in [2.24, 2.45) is 0 Å². The summed E-state index contributed by atoms with van der Waals surface area (Å²) in [6, 6.07) is 9.23. The molecule has 0 heterocycles. The number of benzene rings is 1. The van der Waals surface area contributed by atoms with E-state index in [1.807, 2.05) is 18.2 Å². The molecule has 0 bridgehead atoms. The van der Waals surface area contributed by atoms with E-state index in [2.05, 4.69) is 18.7 Å². The zero-order valence-corrected chi connectivity index (χ0v) is 6.51. The van der Waals surface area contributed by atoms with Gasteiger partial charge in [-0.3, -0.25) is 0 Å². The van der Waals surface area contributed by atoms with Crippen molar-refractivity contribution >= 4 is 6.08 Å². The predicted molar refractivity (Wildman–Crippen MR) is 47.3 cm³/mol. The summed E-state index contributed by atoms with van der Waals surface area (Å²) in [6.45, 7) is 3.78. The van der Waals surface area contributed by atoms with E-state index in [1.54, 1.807) is 0 Å². The van der Waals surface area contributed by atoms with Gasteiger partial charge in [-0.25, -0.2) is 0 Å². The normalized spacial score (nSPS) is 16.4. The van der Waals surface area contributed by atoms with Gasteiger partial charge in [0.05, 0.1) is 0 Å². The third kappa shape index (κ3) is 1.21. The van der Waals surface area contributed by atoms with Gasteiger partial charge in [0.25, 0.3) is 0 Å². The van der Waals surface area contributed by atoms with Crippen LogP contribution in [0.1, 0.15) is 29.9 Å². The fourth-order valence-corrected chi connectivity index (χ4v) is 1.40. The molecule has 11 heavy (non-hydrogen) atoms. The Morgan fingerprint density at radius 1 is 1.55 bits per heavy atom. The van der Waals surface area contributed by atoms with Gasteiger partial charge in [0.2, 0.25) is 0 Å². The molecule has 0 amide bonds. The third-order valence-electron chi connectivity index (χ3n) is 2.17. The summed E-state index contributed by atoms with van der Waals surface area (Å²) in [6.07, 6.45) is 4.62. The van der Waals surface area contributed by atoms with E-state index < -0.39 is 0 Å². The minimum atomic E-state index is 0.817. The van der Waals surface area contributed by atoms with Crippen molar-refractivity contribution in [1.82, 2.24) is 0 Å². The molecule has 0 atom stereocenters. The highest BCUT2D eigenvalue weighted by Crippen LogP contribution is 2.41. The minimum Gasteiger partial charge on any atom is -0.0985 e. The van der Waals surface area contributed by atoms with Crippen LogP contribution < -0.4 is 0 Å². The van der Waals surface area contributed by atoms with Crippen LogP contribution in [0.2, 0.25) is 0 Å². The van der Waals surface area contributed by atoms with Crippen LogP contribution in [0.3, 0.4) is 0 Å². The smallest absolute Gasteiger partial charge is 0.0156 e. The van der Waals surface area contributed by atoms with E-state index in [1.165, 1.54) is 24.0 Å². The van der Waals surface area contributed by atoms with Crippen molar-refractivity contribution in [1.29, 1.82) is 0 Å². The first-order chi connectivity index (χ1) is 5.42. The Bertz CT molecular complexity index is 269. The summed E-state index contributed by atoms with van der Waals surface area (Å²) in [4.78, 5) is 0. The lowest BCUT2D eigenvalue weighted by molar-refractivity contribution is 1.12. The highest BCUT2D eigenvalue weighted by atomic mass is 14.3. The van der Waals surface area contributed by atoms with E-state index in [4.69, 9.17) is 0 Å². The molecule has 0 N–H and O–H groups in total. The maximum atomic E-state index is 3.78. The second-order valence-electron chi connectivity index (χ2n) is 3.03. The zero-order valence-electron chi connectivity index (χ0n) is 6.51. The molecule has 1 fully saturated rings. The van der Waals surface area contributed by atoms with Crippen molar-refractivity contribution in [2.45, 2.75) is 18.8 Å². The predicted octanol–water partition coefficient (Wildman–Crippen LogP) is 3.01. The van der Waals surface area contributed by atoms with Crippen LogP contribution in [-0.4, -0.2) is 0 Å². The Morgan fingerprint density at radius 3 is 3.00 bits per heavy atom. The molecule has 55 valence electrons. The van der Waals surface area contributed by atoms with Crippen LogP contribution in [-0.2, 0) is 0 Å². The van der Waals surface area contributed by atoms with Crippen LogP contribution in [0, 0.1) is 6.07 Å². The van der Waals surface area contributed by atoms with Crippen LogP contribution >= 0.6 is 0 Å². The topological polar surface area (TPSA) is 0 Å². The molecule has 1 radical (unpaired) electrons. The molecule has 0 saturated heterocycles. The van der Waals surface area contributed by atoms with Crippen LogP contribution in [0.25, 0.3) is 6.08 Å². The molecular weight excluding hydrogens is 132 g/mol. The second-order valence-corrected chi connectivity index (χ2v) is 3.03. The van der Waals surface area contributed by atoms with Crippen molar-refractivity contribution in [2.75, 3.05) is 0 Å². The van der Waals surface area contributed by atoms with E-state index in [9.17, 15) is 0 Å². The summed E-state index contributed by atoms with van der Waals surface area (Å²) in [7, 11) is 0. The first-order valence-electron chi connectivity index (χ1n) is 4.04. The Labute approximate surface area is 67.6 Å². The van der Waals surface area contributed by atoms with E-state index in [0.717, 1.165) is 5.92 Å². The Morgan fingerprint density at radius 2 is 2.36 bits per heavy atom. The minimum absolute atomic E-state index is 0.817. The monoisotopic (exact) mass is 143 g/mol. The Kier molecular flexibility index (Phi) is 1.54. The number of rotatable bonds is 2. The zero-order chi connectivity index (χ0) is 7.68. The molecule has 1 aliphatic rings. The molecule has 0 aromatic heterocycles. The fourth-order valence-electron chi connectivity index (χ4n) is 1.40. The van der Waals surface area contributed by atoms with Crippen LogP contribution in [0.5, 0.6) is 0 Å². The van der Waals surface area contributed by atoms with E-state index in [-0.39, 0.29) is 0 Å². The van der Waals surface area contributed by atoms with E-state index >= 15 is 0 Å². The van der Waals surface area contributed by atoms with Gasteiger partial charge in [0.15, 0.2) is 0 Å². The molecular formula is C11H11. The molecule has 2 rings (SSSR count). The molecule has 0 spiro atoms. The van der Waals surface area contributed by atoms with Crippen molar-refractivity contribution < 1.29 is 0 Å². The Balaban J connectivity index is 2.42. The third-order valence-corrected chi connectivity index (χ3v) is 2.17. The quantitative estimate of drug-likeness (QED) is 0.597. The average Bonchev–Trinajstić information content (AvgIpc) is 2.87. The highest BCUT2D eigenvalue weighted by molar-refractivity contribution is 5.53. The second kappa shape index (κ2) is 2.54. The molecule has 1 saturated carbocycles. The van der Waals surface area contributed by atoms with Crippen molar-refractivity contribution in [3.63, 3.8) is 0 Å². The van der Waals surface area contributed by atoms with Crippen LogP contribution in [0.15, 0.2) is 24.8 Å². The molecule has 1 aromatic carbocycles. The highest BCUT2D eigenvalue weighted by Gasteiger charge is 2.24. The van der Waals surface area contributed by atoms with Gasteiger partial charge in [-0.2, -0.15) is 0 Å². The lowest BCUT2D eigenvalue weighted by atomic mass is 10.0. The van der Waals surface area contributed by atoms with Gasteiger partial charge < -0.3 is 0 Å². The lowest BCUT2D eigenvalue weighted by Crippen LogP contribution is -1.83. The first kappa shape index (κ1) is 6.66. The fraction of sp³-hybridized carbons (Fsp3) is 0.273. The van der Waals surface area contributed by atoms with Gasteiger partial charge >= 0.3 is 0 Å². The first-order valence-corrected chi connectivity index (χ1v) is 4.04. The van der Waals surface area contributed by atoms with Crippen molar-refractivity contribution in [3.05, 3.63) is 42.0 Å². The standard InChI is InChI=1S/C11H11/c1-2-9-5-3-4-6-11(9)10-7-8-10/h2,4-6,10H,1,7-8H2. The van der Waals surface area contributed by atoms with Gasteiger partial charge in [-0.1, -0.05) is 24.8 Å². The number of hydrogen-bond donors (Lipinski definition) is 0. The summed E-state index contributed by atoms with van der Waals surface area (Å²) < 4.78 is 0. The molecule has 0 nitrogen and oxygen atoms in total. The SMILES string of the molecule is C=Cc1c[c]ccc1C1CC1. The van der Waals surface area contributed by atoms with Crippen molar-refractivity contribution in [3.8, 4) is 0 Å². The Hall–Kier alpha value is -1.04. The summed E-state index contributed by atoms with van der Waals surface area (Å²) in [5.74, 6) is 0.817. The maximum absolute atomic E-state index is 3.78. The molecule has 1 aromatic rings. The maximum Gasteiger partial charge on any atom is -0.0156 e. The summed E-state index contributed by atoms with van der Waals surface area (Å²) in [5, 5.41) is 0. The summed E-state index contributed by atoms with van der Waals surface area (Å²) >= 11 is 0. The average molecular weight is 143 g/mol.